The van der Waals surface area contributed by atoms with Crippen molar-refractivity contribution in [3.8, 4) is 10.4 Å². The molecule has 3 nitrogen and oxygen atoms in total. The highest BCUT2D eigenvalue weighted by Gasteiger charge is 2.11. The van der Waals surface area contributed by atoms with Gasteiger partial charge < -0.3 is 11.5 Å². The number of hydrogen-bond donors (Lipinski definition) is 2. The van der Waals surface area contributed by atoms with Crippen molar-refractivity contribution < 1.29 is 4.79 Å². The molecule has 0 aliphatic carbocycles. The van der Waals surface area contributed by atoms with Crippen LogP contribution in [-0.2, 0) is 0 Å². The molecule has 0 bridgehead atoms. The number of primary amides is 1. The quantitative estimate of drug-likeness (QED) is 0.834. The van der Waals surface area contributed by atoms with Crippen LogP contribution in [0, 0.1) is 6.92 Å². The van der Waals surface area contributed by atoms with E-state index in [2.05, 4.69) is 6.07 Å². The van der Waals surface area contributed by atoms with Crippen molar-refractivity contribution in [1.82, 2.24) is 0 Å². The molecule has 0 saturated carbocycles. The topological polar surface area (TPSA) is 69.1 Å². The van der Waals surface area contributed by atoms with Crippen molar-refractivity contribution in [3.05, 3.63) is 41.5 Å². The van der Waals surface area contributed by atoms with Crippen LogP contribution in [0.15, 0.2) is 30.3 Å². The Morgan fingerprint density at radius 3 is 2.62 bits per heavy atom. The molecule has 0 unspecified atom stereocenters. The lowest BCUT2D eigenvalue weighted by Gasteiger charge is -1.97. The van der Waals surface area contributed by atoms with Gasteiger partial charge in [0.05, 0.1) is 10.6 Å². The first kappa shape index (κ1) is 10.7. The summed E-state index contributed by atoms with van der Waals surface area (Å²) >= 11 is 1.38. The standard InChI is InChI=1S/C12H12N2OS/c1-7-3-2-4-8(5-7)10-6-9(11(13)15)12(14)16-10/h2-6H,14H2,1H3,(H2,13,15). The lowest BCUT2D eigenvalue weighted by atomic mass is 10.1. The van der Waals surface area contributed by atoms with Crippen molar-refractivity contribution in [3.63, 3.8) is 0 Å². The van der Waals surface area contributed by atoms with E-state index in [0.717, 1.165) is 10.4 Å². The molecule has 82 valence electrons. The molecule has 4 heteroatoms. The first-order chi connectivity index (χ1) is 7.58. The van der Waals surface area contributed by atoms with Gasteiger partial charge >= 0.3 is 0 Å². The summed E-state index contributed by atoms with van der Waals surface area (Å²) in [7, 11) is 0. The number of amides is 1. The molecule has 0 aliphatic heterocycles. The normalized spacial score (nSPS) is 10.3. The molecular weight excluding hydrogens is 220 g/mol. The summed E-state index contributed by atoms with van der Waals surface area (Å²) in [6, 6.07) is 9.79. The second-order valence-electron chi connectivity index (χ2n) is 3.62. The van der Waals surface area contributed by atoms with Gasteiger partial charge in [-0.3, -0.25) is 4.79 Å². The van der Waals surface area contributed by atoms with Crippen molar-refractivity contribution in [2.75, 3.05) is 5.73 Å². The first-order valence-corrected chi connectivity index (χ1v) is 5.65. The maximum Gasteiger partial charge on any atom is 0.251 e. The Hall–Kier alpha value is -1.81. The molecule has 0 saturated heterocycles. The third-order valence-corrected chi connectivity index (χ3v) is 3.34. The van der Waals surface area contributed by atoms with Gasteiger partial charge in [-0.05, 0) is 18.6 Å². The van der Waals surface area contributed by atoms with Crippen LogP contribution < -0.4 is 11.5 Å². The van der Waals surface area contributed by atoms with Crippen molar-refractivity contribution in [2.24, 2.45) is 5.73 Å². The molecule has 1 amide bonds. The number of carbonyl (C=O) groups is 1. The fraction of sp³-hybridized carbons (Fsp3) is 0.0833. The number of nitrogens with two attached hydrogens (primary N) is 2. The van der Waals surface area contributed by atoms with Gasteiger partial charge in [0.15, 0.2) is 0 Å². The second-order valence-corrected chi connectivity index (χ2v) is 4.71. The lowest BCUT2D eigenvalue weighted by Crippen LogP contribution is -2.11. The summed E-state index contributed by atoms with van der Waals surface area (Å²) in [6.07, 6.45) is 0. The van der Waals surface area contributed by atoms with E-state index in [1.807, 2.05) is 25.1 Å². The zero-order valence-corrected chi connectivity index (χ0v) is 9.67. The van der Waals surface area contributed by atoms with Gasteiger partial charge in [-0.2, -0.15) is 0 Å². The van der Waals surface area contributed by atoms with Crippen LogP contribution in [-0.4, -0.2) is 5.91 Å². The number of anilines is 1. The van der Waals surface area contributed by atoms with E-state index in [-0.39, 0.29) is 0 Å². The van der Waals surface area contributed by atoms with E-state index in [4.69, 9.17) is 11.5 Å². The Morgan fingerprint density at radius 2 is 2.06 bits per heavy atom. The van der Waals surface area contributed by atoms with Gasteiger partial charge in [0.2, 0.25) is 0 Å². The molecule has 0 atom stereocenters. The van der Waals surface area contributed by atoms with Crippen molar-refractivity contribution in [2.45, 2.75) is 6.92 Å². The smallest absolute Gasteiger partial charge is 0.251 e. The Kier molecular flexibility index (Phi) is 2.66. The molecule has 0 radical (unpaired) electrons. The Labute approximate surface area is 97.7 Å². The van der Waals surface area contributed by atoms with Gasteiger partial charge in [-0.25, -0.2) is 0 Å². The van der Waals surface area contributed by atoms with Gasteiger partial charge in [0.1, 0.15) is 0 Å². The van der Waals surface area contributed by atoms with E-state index in [1.54, 1.807) is 6.07 Å². The molecule has 2 rings (SSSR count). The van der Waals surface area contributed by atoms with Gasteiger partial charge in [0.25, 0.3) is 5.91 Å². The SMILES string of the molecule is Cc1cccc(-c2cc(C(N)=O)c(N)s2)c1. The van der Waals surface area contributed by atoms with Crippen LogP contribution in [0.2, 0.25) is 0 Å². The highest BCUT2D eigenvalue weighted by Crippen LogP contribution is 2.33. The molecule has 0 aliphatic rings. The lowest BCUT2D eigenvalue weighted by molar-refractivity contribution is 0.100. The number of hydrogen-bond acceptors (Lipinski definition) is 3. The zero-order chi connectivity index (χ0) is 11.7. The summed E-state index contributed by atoms with van der Waals surface area (Å²) < 4.78 is 0. The fourth-order valence-electron chi connectivity index (χ4n) is 1.54. The molecule has 0 spiro atoms. The Balaban J connectivity index is 2.49. The summed E-state index contributed by atoms with van der Waals surface area (Å²) in [4.78, 5) is 12.0. The van der Waals surface area contributed by atoms with Crippen LogP contribution in [0.3, 0.4) is 0 Å². The minimum atomic E-state index is -0.479. The Morgan fingerprint density at radius 1 is 1.31 bits per heavy atom. The molecule has 16 heavy (non-hydrogen) atoms. The van der Waals surface area contributed by atoms with Gasteiger partial charge in [-0.15, -0.1) is 11.3 Å². The average molecular weight is 232 g/mol. The number of nitrogen functional groups attached to an aromatic ring is 1. The van der Waals surface area contributed by atoms with Crippen LogP contribution in [0.4, 0.5) is 5.00 Å². The van der Waals surface area contributed by atoms with Crippen LogP contribution in [0.1, 0.15) is 15.9 Å². The van der Waals surface area contributed by atoms with Crippen LogP contribution >= 0.6 is 11.3 Å². The summed E-state index contributed by atoms with van der Waals surface area (Å²) in [5.74, 6) is -0.479. The van der Waals surface area contributed by atoms with Gasteiger partial charge in [0, 0.05) is 4.88 Å². The van der Waals surface area contributed by atoms with Crippen molar-refractivity contribution in [1.29, 1.82) is 0 Å². The van der Waals surface area contributed by atoms with E-state index < -0.39 is 5.91 Å². The molecule has 2 aromatic rings. The third kappa shape index (κ3) is 1.92. The summed E-state index contributed by atoms with van der Waals surface area (Å²) in [5, 5.41) is 0.476. The second kappa shape index (κ2) is 3.98. The monoisotopic (exact) mass is 232 g/mol. The van der Waals surface area contributed by atoms with Gasteiger partial charge in [-0.1, -0.05) is 29.8 Å². The summed E-state index contributed by atoms with van der Waals surface area (Å²) in [6.45, 7) is 2.02. The van der Waals surface area contributed by atoms with Crippen LogP contribution in [0.25, 0.3) is 10.4 Å². The maximum absolute atomic E-state index is 11.1. The third-order valence-electron chi connectivity index (χ3n) is 2.33. The number of rotatable bonds is 2. The predicted molar refractivity (Wildman–Crippen MR) is 67.4 cm³/mol. The van der Waals surface area contributed by atoms with E-state index >= 15 is 0 Å². The maximum atomic E-state index is 11.1. The highest BCUT2D eigenvalue weighted by molar-refractivity contribution is 7.19. The first-order valence-electron chi connectivity index (χ1n) is 4.84. The van der Waals surface area contributed by atoms with E-state index in [9.17, 15) is 4.79 Å². The van der Waals surface area contributed by atoms with E-state index in [0.29, 0.717) is 10.6 Å². The number of carbonyl (C=O) groups excluding carboxylic acids is 1. The molecular formula is C12H12N2OS. The minimum Gasteiger partial charge on any atom is -0.390 e. The molecule has 1 heterocycles. The predicted octanol–water partition coefficient (Wildman–Crippen LogP) is 2.40. The minimum absolute atomic E-state index is 0.404. The highest BCUT2D eigenvalue weighted by atomic mass is 32.1. The largest absolute Gasteiger partial charge is 0.390 e. The molecule has 0 fully saturated rings. The average Bonchev–Trinajstić information content (AvgIpc) is 2.60. The molecule has 1 aromatic carbocycles. The fourth-order valence-corrected chi connectivity index (χ4v) is 2.47. The summed E-state index contributed by atoms with van der Waals surface area (Å²) in [5.41, 5.74) is 13.6. The van der Waals surface area contributed by atoms with Crippen LogP contribution in [0.5, 0.6) is 0 Å². The molecule has 4 N–H and O–H groups in total. The Bertz CT molecular complexity index is 546. The number of thiophene rings is 1. The van der Waals surface area contributed by atoms with E-state index in [1.165, 1.54) is 16.9 Å². The molecule has 1 aromatic heterocycles. The zero-order valence-electron chi connectivity index (χ0n) is 8.86. The number of aryl methyl sites for hydroxylation is 1. The number of benzene rings is 1. The van der Waals surface area contributed by atoms with Crippen molar-refractivity contribution >= 4 is 22.2 Å².